The van der Waals surface area contributed by atoms with E-state index in [1.54, 1.807) is 24.3 Å². The first-order chi connectivity index (χ1) is 22.3. The van der Waals surface area contributed by atoms with Crippen molar-refractivity contribution in [2.45, 2.75) is 50.6 Å². The van der Waals surface area contributed by atoms with Crippen LogP contribution in [0.1, 0.15) is 64.7 Å². The Morgan fingerprint density at radius 1 is 0.848 bits per heavy atom. The van der Waals surface area contributed by atoms with E-state index in [2.05, 4.69) is 22.8 Å². The fourth-order valence-electron chi connectivity index (χ4n) is 5.88. The van der Waals surface area contributed by atoms with Crippen molar-refractivity contribution in [3.05, 3.63) is 137 Å². The second-order valence-electron chi connectivity index (χ2n) is 11.7. The molecule has 4 aromatic carbocycles. The minimum absolute atomic E-state index is 0.0457. The van der Waals surface area contributed by atoms with E-state index in [0.717, 1.165) is 27.8 Å². The number of hydrogen-bond acceptors (Lipinski definition) is 7. The fourth-order valence-corrected chi connectivity index (χ4v) is 5.88. The standard InChI is InChI=1S/C37H43N3O6/c1-3-38-37(44)39-21-25-12-18-29(19-13-25)36-45-33(23-40(2)22-32(43)30-10-7-11-31(42)20-30)34(27-8-5-4-6-9-27)35(46-36)28-16-14-26(24-41)15-17-28/h4-20,32-36,41-43H,3,21-24H2,1-2H3,(H2,38,39,44)/t32-,33-,34-,35+,36?/m1/s1. The molecule has 4 aromatic rings. The van der Waals surface area contributed by atoms with Crippen LogP contribution in [0.3, 0.4) is 0 Å². The first-order valence-electron chi connectivity index (χ1n) is 15.7. The summed E-state index contributed by atoms with van der Waals surface area (Å²) >= 11 is 0. The lowest BCUT2D eigenvalue weighted by Crippen LogP contribution is -2.44. The van der Waals surface area contributed by atoms with Crippen LogP contribution in [0.2, 0.25) is 0 Å². The summed E-state index contributed by atoms with van der Waals surface area (Å²) in [6.45, 7) is 3.60. The Labute approximate surface area is 270 Å². The molecule has 0 aliphatic carbocycles. The summed E-state index contributed by atoms with van der Waals surface area (Å²) in [5.41, 5.74) is 5.28. The molecular formula is C37H43N3O6. The van der Waals surface area contributed by atoms with E-state index in [4.69, 9.17) is 9.47 Å². The molecule has 1 heterocycles. The average molecular weight is 626 g/mol. The predicted molar refractivity (Wildman–Crippen MR) is 176 cm³/mol. The van der Waals surface area contributed by atoms with Crippen molar-refractivity contribution in [3.63, 3.8) is 0 Å². The molecule has 0 saturated carbocycles. The van der Waals surface area contributed by atoms with Crippen LogP contribution in [-0.2, 0) is 22.6 Å². The Bertz CT molecular complexity index is 1530. The van der Waals surface area contributed by atoms with Crippen molar-refractivity contribution < 1.29 is 29.6 Å². The van der Waals surface area contributed by atoms with Gasteiger partial charge in [0.05, 0.1) is 24.9 Å². The SMILES string of the molecule is CCNC(=O)NCc1ccc(C2O[C@H](CN(C)C[C@@H](O)c3cccc(O)c3)[C@@H](c3ccccc3)[C@H](c3ccc(CO)cc3)O2)cc1. The Kier molecular flexibility index (Phi) is 11.4. The van der Waals surface area contributed by atoms with Gasteiger partial charge in [0.2, 0.25) is 0 Å². The number of ether oxygens (including phenoxy) is 2. The van der Waals surface area contributed by atoms with Crippen molar-refractivity contribution in [2.24, 2.45) is 0 Å². The maximum absolute atomic E-state index is 11.9. The monoisotopic (exact) mass is 625 g/mol. The van der Waals surface area contributed by atoms with Gasteiger partial charge < -0.3 is 40.3 Å². The third-order valence-corrected chi connectivity index (χ3v) is 8.24. The normalized spacial score (nSPS) is 20.3. The smallest absolute Gasteiger partial charge is 0.315 e. The highest BCUT2D eigenvalue weighted by molar-refractivity contribution is 5.73. The molecule has 242 valence electrons. The van der Waals surface area contributed by atoms with E-state index >= 15 is 0 Å². The molecule has 5 atom stereocenters. The number of likely N-dealkylation sites (N-methyl/N-ethyl adjacent to an activating group) is 1. The number of aliphatic hydroxyl groups excluding tert-OH is 2. The summed E-state index contributed by atoms with van der Waals surface area (Å²) < 4.78 is 13.6. The Balaban J connectivity index is 1.43. The molecule has 9 heteroatoms. The van der Waals surface area contributed by atoms with Gasteiger partial charge in [0.15, 0.2) is 6.29 Å². The molecule has 1 unspecified atom stereocenters. The highest BCUT2D eigenvalue weighted by Gasteiger charge is 2.42. The van der Waals surface area contributed by atoms with Gasteiger partial charge in [0, 0.05) is 37.7 Å². The van der Waals surface area contributed by atoms with Crippen molar-refractivity contribution in [1.82, 2.24) is 15.5 Å². The number of amides is 2. The summed E-state index contributed by atoms with van der Waals surface area (Å²) in [5, 5.41) is 36.2. The number of aliphatic hydroxyl groups is 2. The topological polar surface area (TPSA) is 124 Å². The summed E-state index contributed by atoms with van der Waals surface area (Å²) in [6, 6.07) is 32.3. The molecule has 1 aliphatic heterocycles. The molecule has 5 rings (SSSR count). The molecule has 0 aromatic heterocycles. The zero-order valence-corrected chi connectivity index (χ0v) is 26.3. The number of phenolic OH excluding ortho intramolecular Hbond substituents is 1. The second-order valence-corrected chi connectivity index (χ2v) is 11.7. The van der Waals surface area contributed by atoms with E-state index in [9.17, 15) is 20.1 Å². The number of urea groups is 1. The zero-order valence-electron chi connectivity index (χ0n) is 26.3. The van der Waals surface area contributed by atoms with Crippen LogP contribution in [0.5, 0.6) is 5.75 Å². The minimum atomic E-state index is -0.801. The van der Waals surface area contributed by atoms with Gasteiger partial charge in [-0.3, -0.25) is 0 Å². The van der Waals surface area contributed by atoms with Gasteiger partial charge in [-0.25, -0.2) is 4.79 Å². The quantitative estimate of drug-likeness (QED) is 0.145. The summed E-state index contributed by atoms with van der Waals surface area (Å²) in [4.78, 5) is 13.9. The second kappa shape index (κ2) is 15.8. The van der Waals surface area contributed by atoms with Gasteiger partial charge in [-0.1, -0.05) is 91.0 Å². The van der Waals surface area contributed by atoms with E-state index in [1.807, 2.05) is 85.6 Å². The third-order valence-electron chi connectivity index (χ3n) is 8.24. The number of aromatic hydroxyl groups is 1. The van der Waals surface area contributed by atoms with Gasteiger partial charge in [-0.2, -0.15) is 0 Å². The van der Waals surface area contributed by atoms with Crippen LogP contribution in [0.25, 0.3) is 0 Å². The maximum atomic E-state index is 11.9. The van der Waals surface area contributed by atoms with Crippen LogP contribution < -0.4 is 10.6 Å². The van der Waals surface area contributed by atoms with Gasteiger partial charge in [0.1, 0.15) is 5.75 Å². The molecule has 2 amide bonds. The van der Waals surface area contributed by atoms with Crippen molar-refractivity contribution >= 4 is 6.03 Å². The largest absolute Gasteiger partial charge is 0.508 e. The molecule has 0 radical (unpaired) electrons. The molecule has 5 N–H and O–H groups in total. The number of phenols is 1. The molecule has 0 bridgehead atoms. The maximum Gasteiger partial charge on any atom is 0.315 e. The van der Waals surface area contributed by atoms with Gasteiger partial charge in [-0.05, 0) is 53.9 Å². The Morgan fingerprint density at radius 2 is 1.54 bits per heavy atom. The lowest BCUT2D eigenvalue weighted by atomic mass is 9.83. The van der Waals surface area contributed by atoms with Crippen LogP contribution in [0.4, 0.5) is 4.79 Å². The van der Waals surface area contributed by atoms with E-state index in [1.165, 1.54) is 0 Å². The molecule has 9 nitrogen and oxygen atoms in total. The van der Waals surface area contributed by atoms with E-state index in [-0.39, 0.29) is 36.5 Å². The van der Waals surface area contributed by atoms with Crippen LogP contribution >= 0.6 is 0 Å². The number of carbonyl (C=O) groups excluding carboxylic acids is 1. The third kappa shape index (κ3) is 8.51. The summed E-state index contributed by atoms with van der Waals surface area (Å²) in [6.07, 6.45) is -2.18. The van der Waals surface area contributed by atoms with Gasteiger partial charge in [-0.15, -0.1) is 0 Å². The van der Waals surface area contributed by atoms with Crippen molar-refractivity contribution in [2.75, 3.05) is 26.7 Å². The number of carbonyl (C=O) groups is 1. The van der Waals surface area contributed by atoms with Crippen molar-refractivity contribution in [3.8, 4) is 5.75 Å². The molecule has 1 saturated heterocycles. The van der Waals surface area contributed by atoms with Crippen LogP contribution in [0.15, 0.2) is 103 Å². The van der Waals surface area contributed by atoms with E-state index in [0.29, 0.717) is 31.7 Å². The first-order valence-corrected chi connectivity index (χ1v) is 15.7. The lowest BCUT2D eigenvalue weighted by Gasteiger charge is -2.44. The average Bonchev–Trinajstić information content (AvgIpc) is 3.07. The highest BCUT2D eigenvalue weighted by Crippen LogP contribution is 2.47. The molecule has 46 heavy (non-hydrogen) atoms. The molecular weight excluding hydrogens is 582 g/mol. The first kappa shape index (κ1) is 33.1. The predicted octanol–water partition coefficient (Wildman–Crippen LogP) is 5.31. The number of rotatable bonds is 12. The molecule has 1 fully saturated rings. The minimum Gasteiger partial charge on any atom is -0.508 e. The molecule has 0 spiro atoms. The van der Waals surface area contributed by atoms with Gasteiger partial charge in [0.25, 0.3) is 0 Å². The summed E-state index contributed by atoms with van der Waals surface area (Å²) in [7, 11) is 1.95. The van der Waals surface area contributed by atoms with E-state index < -0.39 is 12.4 Å². The molecule has 1 aliphatic rings. The van der Waals surface area contributed by atoms with Crippen molar-refractivity contribution in [1.29, 1.82) is 0 Å². The fraction of sp³-hybridized carbons (Fsp3) is 0.324. The Hall–Kier alpha value is -4.25. The highest BCUT2D eigenvalue weighted by atomic mass is 16.7. The number of nitrogens with zero attached hydrogens (tertiary/aromatic N) is 1. The Morgan fingerprint density at radius 3 is 2.22 bits per heavy atom. The number of benzene rings is 4. The van der Waals surface area contributed by atoms with Crippen LogP contribution in [-0.4, -0.2) is 59.0 Å². The zero-order chi connectivity index (χ0) is 32.5. The summed E-state index contributed by atoms with van der Waals surface area (Å²) in [5.74, 6) is -0.0710. The number of hydrogen-bond donors (Lipinski definition) is 5. The van der Waals surface area contributed by atoms with Gasteiger partial charge >= 0.3 is 6.03 Å². The lowest BCUT2D eigenvalue weighted by molar-refractivity contribution is -0.263. The number of nitrogens with one attached hydrogen (secondary N) is 2. The van der Waals surface area contributed by atoms with Crippen LogP contribution in [0, 0.1) is 0 Å².